The fourth-order valence-electron chi connectivity index (χ4n) is 1.45. The van der Waals surface area contributed by atoms with Gasteiger partial charge in [0.2, 0.25) is 5.89 Å². The molecule has 0 atom stereocenters. The molecule has 98 valence electrons. The highest BCUT2D eigenvalue weighted by Crippen LogP contribution is 2.11. The molecule has 0 aliphatic heterocycles. The molecule has 2 rings (SSSR count). The van der Waals surface area contributed by atoms with Crippen molar-refractivity contribution in [3.05, 3.63) is 27.8 Å². The molecule has 1 N–H and O–H groups in total. The number of aromatic nitrogens is 3. The molecule has 0 bridgehead atoms. The zero-order valence-corrected chi connectivity index (χ0v) is 11.3. The van der Waals surface area contributed by atoms with Crippen LogP contribution in [0.2, 0.25) is 0 Å². The van der Waals surface area contributed by atoms with Crippen LogP contribution in [0.1, 0.15) is 22.4 Å². The third-order valence-electron chi connectivity index (χ3n) is 2.28. The van der Waals surface area contributed by atoms with Crippen molar-refractivity contribution in [2.75, 3.05) is 20.3 Å². The highest BCUT2D eigenvalue weighted by molar-refractivity contribution is 7.09. The van der Waals surface area contributed by atoms with Gasteiger partial charge >= 0.3 is 0 Å². The third kappa shape index (κ3) is 3.86. The SMILES string of the molecule is COCCNCc1nc(Cc2csc(C)n2)no1. The summed E-state index contributed by atoms with van der Waals surface area (Å²) in [5.41, 5.74) is 0.984. The standard InChI is InChI=1S/C11H16N4O2S/c1-8-13-9(7-18-8)5-10-14-11(17-15-10)6-12-3-4-16-2/h7,12H,3-6H2,1-2H3. The second-order valence-corrected chi connectivity index (χ2v) is 4.87. The van der Waals surface area contributed by atoms with Crippen molar-refractivity contribution in [2.24, 2.45) is 0 Å². The van der Waals surface area contributed by atoms with Crippen LogP contribution in [0.3, 0.4) is 0 Å². The molecule has 0 unspecified atom stereocenters. The Balaban J connectivity index is 1.82. The summed E-state index contributed by atoms with van der Waals surface area (Å²) in [5.74, 6) is 1.26. The summed E-state index contributed by atoms with van der Waals surface area (Å²) in [5, 5.41) is 10.1. The normalized spacial score (nSPS) is 11.0. The summed E-state index contributed by atoms with van der Waals surface area (Å²) in [6, 6.07) is 0. The molecule has 7 heteroatoms. The van der Waals surface area contributed by atoms with Crippen molar-refractivity contribution >= 4 is 11.3 Å². The molecule has 0 fully saturated rings. The lowest BCUT2D eigenvalue weighted by Crippen LogP contribution is -2.18. The maximum absolute atomic E-state index is 5.14. The van der Waals surface area contributed by atoms with E-state index in [1.165, 1.54) is 0 Å². The van der Waals surface area contributed by atoms with E-state index < -0.39 is 0 Å². The van der Waals surface area contributed by atoms with Crippen molar-refractivity contribution in [3.8, 4) is 0 Å². The van der Waals surface area contributed by atoms with Gasteiger partial charge in [0.1, 0.15) is 0 Å². The van der Waals surface area contributed by atoms with Crippen LogP contribution < -0.4 is 5.32 Å². The van der Waals surface area contributed by atoms with Gasteiger partial charge in [0.25, 0.3) is 0 Å². The minimum Gasteiger partial charge on any atom is -0.383 e. The Morgan fingerprint density at radius 2 is 2.33 bits per heavy atom. The molecular formula is C11H16N4O2S. The number of hydrogen-bond acceptors (Lipinski definition) is 7. The lowest BCUT2D eigenvalue weighted by Gasteiger charge is -1.98. The van der Waals surface area contributed by atoms with E-state index in [0.29, 0.717) is 31.3 Å². The minimum absolute atomic E-state index is 0.562. The van der Waals surface area contributed by atoms with E-state index in [0.717, 1.165) is 17.2 Å². The predicted octanol–water partition coefficient (Wildman–Crippen LogP) is 1.16. The smallest absolute Gasteiger partial charge is 0.240 e. The Bertz CT molecular complexity index is 483. The van der Waals surface area contributed by atoms with Crippen molar-refractivity contribution in [2.45, 2.75) is 19.9 Å². The van der Waals surface area contributed by atoms with Gasteiger partial charge in [0.05, 0.1) is 30.3 Å². The van der Waals surface area contributed by atoms with Crippen LogP contribution in [0, 0.1) is 6.92 Å². The maximum atomic E-state index is 5.14. The molecule has 2 aromatic heterocycles. The van der Waals surface area contributed by atoms with Crippen LogP contribution in [-0.2, 0) is 17.7 Å². The Hall–Kier alpha value is -1.31. The van der Waals surface area contributed by atoms with Crippen molar-refractivity contribution in [3.63, 3.8) is 0 Å². The molecule has 0 saturated carbocycles. The van der Waals surface area contributed by atoms with Crippen LogP contribution in [-0.4, -0.2) is 35.4 Å². The summed E-state index contributed by atoms with van der Waals surface area (Å²) < 4.78 is 10.1. The zero-order valence-electron chi connectivity index (χ0n) is 10.5. The van der Waals surface area contributed by atoms with E-state index in [1.54, 1.807) is 18.4 Å². The summed E-state index contributed by atoms with van der Waals surface area (Å²) in [7, 11) is 1.67. The second-order valence-electron chi connectivity index (χ2n) is 3.81. The molecule has 0 aliphatic carbocycles. The van der Waals surface area contributed by atoms with Gasteiger partial charge in [0.15, 0.2) is 5.82 Å². The number of nitrogens with zero attached hydrogens (tertiary/aromatic N) is 3. The number of aryl methyl sites for hydroxylation is 1. The van der Waals surface area contributed by atoms with Gasteiger partial charge in [-0.25, -0.2) is 4.98 Å². The first kappa shape index (κ1) is 13.1. The first-order valence-corrected chi connectivity index (χ1v) is 6.58. The number of methoxy groups -OCH3 is 1. The second kappa shape index (κ2) is 6.58. The molecule has 18 heavy (non-hydrogen) atoms. The van der Waals surface area contributed by atoms with Gasteiger partial charge in [0, 0.05) is 19.0 Å². The number of rotatable bonds is 7. The number of ether oxygens (including phenoxy) is 1. The van der Waals surface area contributed by atoms with E-state index in [2.05, 4.69) is 20.4 Å². The Morgan fingerprint density at radius 1 is 1.44 bits per heavy atom. The summed E-state index contributed by atoms with van der Waals surface area (Å²) in [4.78, 5) is 8.66. The maximum Gasteiger partial charge on any atom is 0.240 e. The molecule has 6 nitrogen and oxygen atoms in total. The largest absolute Gasteiger partial charge is 0.383 e. The van der Waals surface area contributed by atoms with E-state index >= 15 is 0 Å². The van der Waals surface area contributed by atoms with E-state index in [4.69, 9.17) is 9.26 Å². The average molecular weight is 268 g/mol. The molecule has 0 saturated heterocycles. The molecule has 2 aromatic rings. The van der Waals surface area contributed by atoms with E-state index in [1.807, 2.05) is 12.3 Å². The molecule has 0 spiro atoms. The van der Waals surface area contributed by atoms with E-state index in [9.17, 15) is 0 Å². The minimum atomic E-state index is 0.562. The Labute approximate surface area is 109 Å². The van der Waals surface area contributed by atoms with Gasteiger partial charge in [-0.2, -0.15) is 4.98 Å². The summed E-state index contributed by atoms with van der Waals surface area (Å²) in [6.07, 6.45) is 0.617. The van der Waals surface area contributed by atoms with E-state index in [-0.39, 0.29) is 0 Å². The number of nitrogens with one attached hydrogen (secondary N) is 1. The molecular weight excluding hydrogens is 252 g/mol. The van der Waals surface area contributed by atoms with Crippen LogP contribution in [0.5, 0.6) is 0 Å². The molecule has 0 aliphatic rings. The lowest BCUT2D eigenvalue weighted by molar-refractivity contribution is 0.197. The fraction of sp³-hybridized carbons (Fsp3) is 0.545. The average Bonchev–Trinajstić information content (AvgIpc) is 2.95. The Morgan fingerprint density at radius 3 is 3.06 bits per heavy atom. The highest BCUT2D eigenvalue weighted by Gasteiger charge is 2.08. The monoisotopic (exact) mass is 268 g/mol. The van der Waals surface area contributed by atoms with Gasteiger partial charge in [-0.05, 0) is 6.92 Å². The van der Waals surface area contributed by atoms with Crippen molar-refractivity contribution < 1.29 is 9.26 Å². The molecule has 0 radical (unpaired) electrons. The quantitative estimate of drug-likeness (QED) is 0.760. The van der Waals surface area contributed by atoms with Gasteiger partial charge < -0.3 is 14.6 Å². The first-order chi connectivity index (χ1) is 8.78. The van der Waals surface area contributed by atoms with Gasteiger partial charge in [-0.1, -0.05) is 5.16 Å². The van der Waals surface area contributed by atoms with Crippen molar-refractivity contribution in [1.82, 2.24) is 20.4 Å². The summed E-state index contributed by atoms with van der Waals surface area (Å²) in [6.45, 7) is 3.97. The van der Waals surface area contributed by atoms with Crippen LogP contribution in [0.25, 0.3) is 0 Å². The Kier molecular flexibility index (Phi) is 4.80. The molecule has 0 aromatic carbocycles. The highest BCUT2D eigenvalue weighted by atomic mass is 32.1. The summed E-state index contributed by atoms with van der Waals surface area (Å²) >= 11 is 1.63. The lowest BCUT2D eigenvalue weighted by atomic mass is 10.3. The zero-order chi connectivity index (χ0) is 12.8. The number of thiazole rings is 1. The molecule has 2 heterocycles. The predicted molar refractivity (Wildman–Crippen MR) is 67.5 cm³/mol. The third-order valence-corrected chi connectivity index (χ3v) is 3.10. The molecule has 0 amide bonds. The first-order valence-electron chi connectivity index (χ1n) is 5.70. The number of hydrogen-bond donors (Lipinski definition) is 1. The fourth-order valence-corrected chi connectivity index (χ4v) is 2.07. The topological polar surface area (TPSA) is 73.1 Å². The van der Waals surface area contributed by atoms with Crippen molar-refractivity contribution in [1.29, 1.82) is 0 Å². The van der Waals surface area contributed by atoms with Gasteiger partial charge in [-0.3, -0.25) is 0 Å². The van der Waals surface area contributed by atoms with Crippen LogP contribution in [0.4, 0.5) is 0 Å². The van der Waals surface area contributed by atoms with Gasteiger partial charge in [-0.15, -0.1) is 11.3 Å². The van der Waals surface area contributed by atoms with Crippen LogP contribution >= 0.6 is 11.3 Å². The van der Waals surface area contributed by atoms with Crippen LogP contribution in [0.15, 0.2) is 9.90 Å².